The number of non-ortho nitro benzene ring substituents is 2. The van der Waals surface area contributed by atoms with Gasteiger partial charge in [0.2, 0.25) is 5.75 Å². The number of carbonyl (C=O) groups is 1. The summed E-state index contributed by atoms with van der Waals surface area (Å²) in [7, 11) is 0. The molecule has 3 aromatic rings. The highest BCUT2D eigenvalue weighted by Crippen LogP contribution is 2.35. The molecule has 0 radical (unpaired) electrons. The van der Waals surface area contributed by atoms with Gasteiger partial charge in [0.25, 0.3) is 17.1 Å². The monoisotopic (exact) mass is 513 g/mol. The summed E-state index contributed by atoms with van der Waals surface area (Å²) >= 11 is 0. The van der Waals surface area contributed by atoms with Gasteiger partial charge in [-0.25, -0.2) is 4.79 Å². The molecule has 0 amide bonds. The van der Waals surface area contributed by atoms with Gasteiger partial charge in [-0.2, -0.15) is 0 Å². The van der Waals surface area contributed by atoms with Gasteiger partial charge < -0.3 is 15.2 Å². The zero-order valence-corrected chi connectivity index (χ0v) is 18.4. The van der Waals surface area contributed by atoms with Crippen LogP contribution in [0.4, 0.5) is 28.4 Å². The predicted molar refractivity (Wildman–Crippen MR) is 125 cm³/mol. The maximum atomic E-state index is 11.8. The van der Waals surface area contributed by atoms with Gasteiger partial charge in [0, 0.05) is 18.6 Å². The molecule has 37 heavy (non-hydrogen) atoms. The lowest BCUT2D eigenvalue weighted by Crippen LogP contribution is -2.31. The fourth-order valence-corrected chi connectivity index (χ4v) is 3.20. The van der Waals surface area contributed by atoms with Crippen molar-refractivity contribution >= 4 is 34.4 Å². The first-order valence-corrected chi connectivity index (χ1v) is 10.1. The summed E-state index contributed by atoms with van der Waals surface area (Å²) in [4.78, 5) is 52.8. The average molecular weight is 513 g/mol. The lowest BCUT2D eigenvalue weighted by Gasteiger charge is -2.16. The average Bonchev–Trinajstić information content (AvgIpc) is 2.84. The zero-order valence-electron chi connectivity index (χ0n) is 18.4. The standard InChI is InChI=1S/C21H15N5O11/c27-21(28)17(22-16-7-3-13(23(29)30)10-18(16)25(33)34)9-12-1-5-15(6-2-12)37-20-8-4-14(24(31)32)11-19(20)26(35)36/h1-8,10-11,17,22H,9H2,(H,27,28). The predicted octanol–water partition coefficient (Wildman–Crippen LogP) is 4.22. The van der Waals surface area contributed by atoms with E-state index >= 15 is 0 Å². The molecule has 0 aromatic heterocycles. The largest absolute Gasteiger partial charge is 0.480 e. The number of nitro benzene ring substituents is 4. The minimum absolute atomic E-state index is 0.117. The second kappa shape index (κ2) is 10.7. The molecular formula is C21H15N5O11. The number of ether oxygens (including phenoxy) is 1. The Hall–Kier alpha value is -5.67. The van der Waals surface area contributed by atoms with E-state index in [1.807, 2.05) is 0 Å². The van der Waals surface area contributed by atoms with Crippen molar-refractivity contribution in [3.63, 3.8) is 0 Å². The van der Waals surface area contributed by atoms with E-state index in [1.54, 1.807) is 0 Å². The number of anilines is 1. The molecule has 16 heteroatoms. The van der Waals surface area contributed by atoms with Crippen LogP contribution >= 0.6 is 0 Å². The van der Waals surface area contributed by atoms with Crippen LogP contribution in [-0.4, -0.2) is 36.8 Å². The number of hydrogen-bond acceptors (Lipinski definition) is 11. The number of carboxylic acid groups (broad SMARTS) is 1. The summed E-state index contributed by atoms with van der Waals surface area (Å²) in [5, 5.41) is 56.4. The van der Waals surface area contributed by atoms with Gasteiger partial charge in [0.1, 0.15) is 17.5 Å². The SMILES string of the molecule is O=C(O)C(Cc1ccc(Oc2ccc([N+](=O)[O-])cc2[N+](=O)[O-])cc1)Nc1ccc([N+](=O)[O-])cc1[N+](=O)[O-]. The molecule has 1 atom stereocenters. The summed E-state index contributed by atoms with van der Waals surface area (Å²) < 4.78 is 5.46. The van der Waals surface area contributed by atoms with E-state index in [2.05, 4.69) is 5.32 Å². The molecule has 0 aliphatic carbocycles. The molecule has 0 bridgehead atoms. The van der Waals surface area contributed by atoms with Crippen LogP contribution in [0.2, 0.25) is 0 Å². The van der Waals surface area contributed by atoms with Crippen molar-refractivity contribution in [1.82, 2.24) is 0 Å². The van der Waals surface area contributed by atoms with Crippen LogP contribution in [0.1, 0.15) is 5.56 Å². The topological polar surface area (TPSA) is 231 Å². The molecule has 16 nitrogen and oxygen atoms in total. The third kappa shape index (κ3) is 6.27. The normalized spacial score (nSPS) is 11.2. The summed E-state index contributed by atoms with van der Waals surface area (Å²) in [6.07, 6.45) is -0.165. The smallest absolute Gasteiger partial charge is 0.326 e. The van der Waals surface area contributed by atoms with Gasteiger partial charge in [-0.1, -0.05) is 12.1 Å². The number of rotatable bonds is 11. The molecule has 2 N–H and O–H groups in total. The first-order valence-electron chi connectivity index (χ1n) is 10.1. The van der Waals surface area contributed by atoms with E-state index in [-0.39, 0.29) is 23.6 Å². The first kappa shape index (κ1) is 25.9. The molecule has 1 unspecified atom stereocenters. The first-order chi connectivity index (χ1) is 17.5. The van der Waals surface area contributed by atoms with Gasteiger partial charge >= 0.3 is 11.7 Å². The summed E-state index contributed by atoms with van der Waals surface area (Å²) in [6.45, 7) is 0. The molecular weight excluding hydrogens is 498 g/mol. The van der Waals surface area contributed by atoms with E-state index in [9.17, 15) is 50.4 Å². The highest BCUT2D eigenvalue weighted by atomic mass is 16.6. The Balaban J connectivity index is 1.79. The van der Waals surface area contributed by atoms with E-state index in [0.717, 1.165) is 30.3 Å². The minimum atomic E-state index is -1.36. The Kier molecular flexibility index (Phi) is 7.52. The highest BCUT2D eigenvalue weighted by Gasteiger charge is 2.25. The van der Waals surface area contributed by atoms with Crippen LogP contribution in [-0.2, 0) is 11.2 Å². The number of carboxylic acids is 1. The second-order valence-corrected chi connectivity index (χ2v) is 7.37. The van der Waals surface area contributed by atoms with E-state index in [1.165, 1.54) is 24.3 Å². The molecule has 0 saturated carbocycles. The van der Waals surface area contributed by atoms with E-state index < -0.39 is 54.5 Å². The van der Waals surface area contributed by atoms with Gasteiger partial charge in [-0.15, -0.1) is 0 Å². The van der Waals surface area contributed by atoms with Gasteiger partial charge in [0.05, 0.1) is 31.8 Å². The van der Waals surface area contributed by atoms with Gasteiger partial charge in [-0.05, 0) is 29.8 Å². The molecule has 0 spiro atoms. The van der Waals surface area contributed by atoms with Crippen LogP contribution in [0.3, 0.4) is 0 Å². The number of hydrogen-bond donors (Lipinski definition) is 2. The molecule has 0 aliphatic heterocycles. The lowest BCUT2D eigenvalue weighted by molar-refractivity contribution is -0.394. The van der Waals surface area contributed by atoms with Gasteiger partial charge in [-0.3, -0.25) is 40.5 Å². The van der Waals surface area contributed by atoms with Crippen molar-refractivity contribution in [2.75, 3.05) is 5.32 Å². The number of benzene rings is 3. The van der Waals surface area contributed by atoms with Crippen LogP contribution < -0.4 is 10.1 Å². The van der Waals surface area contributed by atoms with E-state index in [4.69, 9.17) is 4.74 Å². The lowest BCUT2D eigenvalue weighted by atomic mass is 10.1. The molecule has 190 valence electrons. The molecule has 3 aromatic carbocycles. The Labute approximate surface area is 205 Å². The molecule has 0 heterocycles. The van der Waals surface area contributed by atoms with Crippen molar-refractivity contribution in [2.45, 2.75) is 12.5 Å². The third-order valence-corrected chi connectivity index (χ3v) is 4.96. The van der Waals surface area contributed by atoms with Crippen molar-refractivity contribution < 1.29 is 34.3 Å². The molecule has 0 fully saturated rings. The van der Waals surface area contributed by atoms with Crippen molar-refractivity contribution in [3.05, 3.63) is 107 Å². The van der Waals surface area contributed by atoms with Crippen molar-refractivity contribution in [3.8, 4) is 11.5 Å². The molecule has 0 aliphatic rings. The van der Waals surface area contributed by atoms with Crippen LogP contribution in [0.25, 0.3) is 0 Å². The summed E-state index contributed by atoms with van der Waals surface area (Å²) in [5.74, 6) is -1.49. The maximum Gasteiger partial charge on any atom is 0.326 e. The zero-order chi connectivity index (χ0) is 27.3. The van der Waals surface area contributed by atoms with Crippen molar-refractivity contribution in [1.29, 1.82) is 0 Å². The Morgan fingerprint density at radius 3 is 1.84 bits per heavy atom. The Morgan fingerprint density at radius 2 is 1.32 bits per heavy atom. The fraction of sp³-hybridized carbons (Fsp3) is 0.0952. The Morgan fingerprint density at radius 1 is 0.784 bits per heavy atom. The summed E-state index contributed by atoms with van der Waals surface area (Å²) in [5.41, 5.74) is -2.11. The number of nitrogens with zero attached hydrogens (tertiary/aromatic N) is 4. The summed E-state index contributed by atoms with van der Waals surface area (Å²) in [6, 6.07) is 9.93. The number of nitrogens with one attached hydrogen (secondary N) is 1. The highest BCUT2D eigenvalue weighted by molar-refractivity contribution is 5.80. The maximum absolute atomic E-state index is 11.8. The van der Waals surface area contributed by atoms with E-state index in [0.29, 0.717) is 11.6 Å². The Bertz CT molecular complexity index is 1410. The molecule has 3 rings (SSSR count). The third-order valence-electron chi connectivity index (χ3n) is 4.96. The number of aliphatic carboxylic acids is 1. The van der Waals surface area contributed by atoms with Crippen LogP contribution in [0, 0.1) is 40.5 Å². The van der Waals surface area contributed by atoms with Crippen LogP contribution in [0.5, 0.6) is 11.5 Å². The van der Waals surface area contributed by atoms with Crippen LogP contribution in [0.15, 0.2) is 60.7 Å². The number of nitro groups is 4. The van der Waals surface area contributed by atoms with Crippen molar-refractivity contribution in [2.24, 2.45) is 0 Å². The van der Waals surface area contributed by atoms with Gasteiger partial charge in [0.15, 0.2) is 0 Å². The molecule has 0 saturated heterocycles. The quantitative estimate of drug-likeness (QED) is 0.271. The minimum Gasteiger partial charge on any atom is -0.480 e. The second-order valence-electron chi connectivity index (χ2n) is 7.37. The fourth-order valence-electron chi connectivity index (χ4n) is 3.20.